The number of benzene rings is 2. The lowest BCUT2D eigenvalue weighted by Crippen LogP contribution is -2.48. The van der Waals surface area contributed by atoms with Gasteiger partial charge in [0, 0.05) is 32.7 Å². The SMILES string of the molecule is Cc1cccc(CN2CCN(C(=O)c3noc(C)c3COc3ccc(F)cc3)CC2)c1. The molecule has 1 aliphatic heterocycles. The van der Waals surface area contributed by atoms with E-state index >= 15 is 0 Å². The summed E-state index contributed by atoms with van der Waals surface area (Å²) in [5, 5.41) is 3.99. The molecule has 0 saturated carbocycles. The van der Waals surface area contributed by atoms with Gasteiger partial charge >= 0.3 is 0 Å². The Morgan fingerprint density at radius 1 is 1.10 bits per heavy atom. The number of hydrogen-bond donors (Lipinski definition) is 0. The Kier molecular flexibility index (Phi) is 6.32. The van der Waals surface area contributed by atoms with Crippen molar-refractivity contribution in [2.45, 2.75) is 27.0 Å². The number of nitrogens with zero attached hydrogens (tertiary/aromatic N) is 3. The predicted octanol–water partition coefficient (Wildman–Crippen LogP) is 3.97. The van der Waals surface area contributed by atoms with Gasteiger partial charge in [0.2, 0.25) is 0 Å². The molecule has 1 amide bonds. The van der Waals surface area contributed by atoms with Crippen LogP contribution in [0.5, 0.6) is 5.75 Å². The summed E-state index contributed by atoms with van der Waals surface area (Å²) < 4.78 is 24.1. The average Bonchev–Trinajstić information content (AvgIpc) is 3.14. The smallest absolute Gasteiger partial charge is 0.276 e. The average molecular weight is 423 g/mol. The Balaban J connectivity index is 1.36. The van der Waals surface area contributed by atoms with E-state index in [1.165, 1.54) is 23.3 Å². The van der Waals surface area contributed by atoms with Gasteiger partial charge in [-0.05, 0) is 43.7 Å². The highest BCUT2D eigenvalue weighted by atomic mass is 19.1. The predicted molar refractivity (Wildman–Crippen MR) is 114 cm³/mol. The molecule has 1 aliphatic rings. The molecule has 1 aromatic heterocycles. The van der Waals surface area contributed by atoms with Gasteiger partial charge in [-0.3, -0.25) is 9.69 Å². The molecule has 2 aromatic carbocycles. The summed E-state index contributed by atoms with van der Waals surface area (Å²) in [6.45, 7) is 7.74. The van der Waals surface area contributed by atoms with E-state index in [0.717, 1.165) is 19.6 Å². The Hall–Kier alpha value is -3.19. The first-order chi connectivity index (χ1) is 15.0. The van der Waals surface area contributed by atoms with Crippen molar-refractivity contribution in [3.05, 3.63) is 82.5 Å². The standard InChI is InChI=1S/C24H26FN3O3/c1-17-4-3-5-19(14-17)15-27-10-12-28(13-11-27)24(29)23-22(18(2)31-26-23)16-30-21-8-6-20(25)7-9-21/h3-9,14H,10-13,15-16H2,1-2H3. The molecule has 1 saturated heterocycles. The maximum absolute atomic E-state index is 13.1. The van der Waals surface area contributed by atoms with Crippen LogP contribution < -0.4 is 4.74 Å². The van der Waals surface area contributed by atoms with Gasteiger partial charge in [-0.25, -0.2) is 4.39 Å². The minimum atomic E-state index is -0.328. The minimum Gasteiger partial charge on any atom is -0.489 e. The fourth-order valence-corrected chi connectivity index (χ4v) is 3.74. The first-order valence-corrected chi connectivity index (χ1v) is 10.4. The van der Waals surface area contributed by atoms with E-state index < -0.39 is 0 Å². The van der Waals surface area contributed by atoms with Crippen molar-refractivity contribution in [3.8, 4) is 5.75 Å². The molecular formula is C24H26FN3O3. The molecule has 0 atom stereocenters. The van der Waals surface area contributed by atoms with Crippen LogP contribution in [0.3, 0.4) is 0 Å². The van der Waals surface area contributed by atoms with Crippen LogP contribution in [0.25, 0.3) is 0 Å². The fourth-order valence-electron chi connectivity index (χ4n) is 3.74. The Labute approximate surface area is 181 Å². The van der Waals surface area contributed by atoms with Crippen molar-refractivity contribution < 1.29 is 18.4 Å². The largest absolute Gasteiger partial charge is 0.489 e. The number of aryl methyl sites for hydroxylation is 2. The molecule has 1 fully saturated rings. The lowest BCUT2D eigenvalue weighted by atomic mass is 10.1. The molecule has 6 nitrogen and oxygen atoms in total. The molecule has 162 valence electrons. The number of hydrogen-bond acceptors (Lipinski definition) is 5. The van der Waals surface area contributed by atoms with Crippen LogP contribution in [-0.4, -0.2) is 47.0 Å². The van der Waals surface area contributed by atoms with Gasteiger partial charge in [0.1, 0.15) is 23.9 Å². The van der Waals surface area contributed by atoms with Crippen molar-refractivity contribution in [3.63, 3.8) is 0 Å². The number of carbonyl (C=O) groups excluding carboxylic acids is 1. The van der Waals surface area contributed by atoms with E-state index in [1.807, 2.05) is 4.90 Å². The number of piperazine rings is 1. The topological polar surface area (TPSA) is 58.8 Å². The molecule has 0 N–H and O–H groups in total. The van der Waals surface area contributed by atoms with Gasteiger partial charge in [0.05, 0.1) is 5.56 Å². The summed E-state index contributed by atoms with van der Waals surface area (Å²) in [5.41, 5.74) is 3.44. The minimum absolute atomic E-state index is 0.134. The second kappa shape index (κ2) is 9.31. The highest BCUT2D eigenvalue weighted by Crippen LogP contribution is 2.20. The van der Waals surface area contributed by atoms with Crippen molar-refractivity contribution in [1.29, 1.82) is 0 Å². The molecule has 0 spiro atoms. The molecule has 0 radical (unpaired) electrons. The number of amides is 1. The lowest BCUT2D eigenvalue weighted by Gasteiger charge is -2.34. The third-order valence-corrected chi connectivity index (χ3v) is 5.53. The Morgan fingerprint density at radius 3 is 2.55 bits per heavy atom. The van der Waals surface area contributed by atoms with Crippen LogP contribution >= 0.6 is 0 Å². The summed E-state index contributed by atoms with van der Waals surface area (Å²) in [6.07, 6.45) is 0. The fraction of sp³-hybridized carbons (Fsp3) is 0.333. The molecule has 4 rings (SSSR count). The van der Waals surface area contributed by atoms with Crippen LogP contribution in [0.15, 0.2) is 53.1 Å². The summed E-state index contributed by atoms with van der Waals surface area (Å²) >= 11 is 0. The van der Waals surface area contributed by atoms with Crippen LogP contribution in [-0.2, 0) is 13.2 Å². The zero-order valence-electron chi connectivity index (χ0n) is 17.8. The van der Waals surface area contributed by atoms with Crippen molar-refractivity contribution in [2.24, 2.45) is 0 Å². The summed E-state index contributed by atoms with van der Waals surface area (Å²) in [4.78, 5) is 17.2. The number of halogens is 1. The van der Waals surface area contributed by atoms with E-state index in [0.29, 0.717) is 30.2 Å². The second-order valence-corrected chi connectivity index (χ2v) is 7.87. The zero-order valence-corrected chi connectivity index (χ0v) is 17.8. The first-order valence-electron chi connectivity index (χ1n) is 10.4. The third kappa shape index (κ3) is 5.11. The molecule has 0 bridgehead atoms. The number of carbonyl (C=O) groups is 1. The maximum Gasteiger partial charge on any atom is 0.276 e. The van der Waals surface area contributed by atoms with E-state index in [-0.39, 0.29) is 24.0 Å². The summed E-state index contributed by atoms with van der Waals surface area (Å²) in [5.74, 6) is 0.587. The second-order valence-electron chi connectivity index (χ2n) is 7.87. The molecule has 3 aromatic rings. The summed E-state index contributed by atoms with van der Waals surface area (Å²) in [7, 11) is 0. The Bertz CT molecular complexity index is 1040. The van der Waals surface area contributed by atoms with Gasteiger partial charge in [-0.15, -0.1) is 0 Å². The quantitative estimate of drug-likeness (QED) is 0.601. The Morgan fingerprint density at radius 2 is 1.84 bits per heavy atom. The van der Waals surface area contributed by atoms with Crippen molar-refractivity contribution in [2.75, 3.05) is 26.2 Å². The molecule has 2 heterocycles. The lowest BCUT2D eigenvalue weighted by molar-refractivity contribution is 0.0616. The van der Waals surface area contributed by atoms with Gasteiger partial charge in [-0.2, -0.15) is 0 Å². The number of aromatic nitrogens is 1. The highest BCUT2D eigenvalue weighted by molar-refractivity contribution is 5.93. The van der Waals surface area contributed by atoms with Crippen LogP contribution in [0.2, 0.25) is 0 Å². The van der Waals surface area contributed by atoms with E-state index in [2.05, 4.69) is 41.2 Å². The van der Waals surface area contributed by atoms with Gasteiger partial charge < -0.3 is 14.2 Å². The zero-order chi connectivity index (χ0) is 21.8. The maximum atomic E-state index is 13.1. The molecule has 0 unspecified atom stereocenters. The normalized spacial score (nSPS) is 14.6. The molecule has 0 aliphatic carbocycles. The van der Waals surface area contributed by atoms with Crippen molar-refractivity contribution >= 4 is 5.91 Å². The highest BCUT2D eigenvalue weighted by Gasteiger charge is 2.28. The molecular weight excluding hydrogens is 397 g/mol. The van der Waals surface area contributed by atoms with Crippen molar-refractivity contribution in [1.82, 2.24) is 15.0 Å². The molecule has 31 heavy (non-hydrogen) atoms. The van der Waals surface area contributed by atoms with E-state index in [1.54, 1.807) is 19.1 Å². The van der Waals surface area contributed by atoms with Crippen LogP contribution in [0.4, 0.5) is 4.39 Å². The molecule has 7 heteroatoms. The van der Waals surface area contributed by atoms with Crippen LogP contribution in [0, 0.1) is 19.7 Å². The van der Waals surface area contributed by atoms with Crippen LogP contribution in [0.1, 0.15) is 32.9 Å². The van der Waals surface area contributed by atoms with Gasteiger partial charge in [0.25, 0.3) is 5.91 Å². The third-order valence-electron chi connectivity index (χ3n) is 5.53. The van der Waals surface area contributed by atoms with E-state index in [4.69, 9.17) is 9.26 Å². The number of rotatable bonds is 6. The van der Waals surface area contributed by atoms with Gasteiger partial charge in [0.15, 0.2) is 5.69 Å². The monoisotopic (exact) mass is 423 g/mol. The van der Waals surface area contributed by atoms with Gasteiger partial charge in [-0.1, -0.05) is 35.0 Å². The summed E-state index contributed by atoms with van der Waals surface area (Å²) in [6, 6.07) is 14.3. The van der Waals surface area contributed by atoms with E-state index in [9.17, 15) is 9.18 Å². The first kappa shape index (κ1) is 21.1. The number of ether oxygens (including phenoxy) is 1.